The number of methoxy groups -OCH3 is 1. The second-order valence-electron chi connectivity index (χ2n) is 8.87. The molecule has 1 atom stereocenters. The number of rotatable bonds is 9. The topological polar surface area (TPSA) is 53.6 Å². The van der Waals surface area contributed by atoms with Gasteiger partial charge in [-0.25, -0.2) is 0 Å². The summed E-state index contributed by atoms with van der Waals surface area (Å²) >= 11 is 0. The molecular formula is C28H33N3O2. The molecule has 3 aromatic carbocycles. The van der Waals surface area contributed by atoms with Crippen molar-refractivity contribution < 1.29 is 9.53 Å². The van der Waals surface area contributed by atoms with E-state index in [1.807, 2.05) is 23.1 Å². The number of likely N-dealkylation sites (tertiary alicyclic amines) is 1. The number of amides is 1. The fourth-order valence-electron chi connectivity index (χ4n) is 4.00. The lowest BCUT2D eigenvalue weighted by Crippen LogP contribution is -2.58. The molecule has 1 aliphatic rings. The van der Waals surface area contributed by atoms with E-state index in [1.165, 1.54) is 16.7 Å². The third kappa shape index (κ3) is 5.93. The van der Waals surface area contributed by atoms with Gasteiger partial charge in [-0.3, -0.25) is 4.79 Å². The summed E-state index contributed by atoms with van der Waals surface area (Å²) in [4.78, 5) is 15.3. The van der Waals surface area contributed by atoms with Crippen molar-refractivity contribution in [3.8, 4) is 0 Å². The van der Waals surface area contributed by atoms with Gasteiger partial charge in [-0.15, -0.1) is 0 Å². The molecule has 3 aromatic rings. The number of benzene rings is 3. The quantitative estimate of drug-likeness (QED) is 0.499. The highest BCUT2D eigenvalue weighted by molar-refractivity contribution is 5.87. The molecular weight excluding hydrogens is 410 g/mol. The van der Waals surface area contributed by atoms with E-state index in [-0.39, 0.29) is 18.1 Å². The largest absolute Gasteiger partial charge is 0.379 e. The first-order valence-electron chi connectivity index (χ1n) is 11.5. The fraction of sp³-hybridized carbons (Fsp3) is 0.321. The van der Waals surface area contributed by atoms with Gasteiger partial charge in [0.2, 0.25) is 5.91 Å². The van der Waals surface area contributed by atoms with Crippen LogP contribution in [0.25, 0.3) is 0 Å². The molecule has 1 saturated heterocycles. The molecule has 1 aliphatic heterocycles. The van der Waals surface area contributed by atoms with E-state index < -0.39 is 0 Å². The lowest BCUT2D eigenvalue weighted by Gasteiger charge is -2.40. The molecule has 0 aromatic heterocycles. The van der Waals surface area contributed by atoms with Crippen LogP contribution in [0.5, 0.6) is 0 Å². The van der Waals surface area contributed by atoms with Crippen molar-refractivity contribution in [3.05, 3.63) is 95.1 Å². The molecule has 1 amide bonds. The monoisotopic (exact) mass is 443 g/mol. The van der Waals surface area contributed by atoms with Gasteiger partial charge in [0.05, 0.1) is 17.5 Å². The molecule has 0 radical (unpaired) electrons. The lowest BCUT2D eigenvalue weighted by molar-refractivity contribution is -0.143. The maximum atomic E-state index is 13.4. The van der Waals surface area contributed by atoms with Gasteiger partial charge in [0.1, 0.15) is 6.04 Å². The predicted octanol–water partition coefficient (Wildman–Crippen LogP) is 4.80. The van der Waals surface area contributed by atoms with Gasteiger partial charge in [0.25, 0.3) is 0 Å². The Morgan fingerprint density at radius 3 is 2.09 bits per heavy atom. The Hall–Kier alpha value is -3.31. The van der Waals surface area contributed by atoms with Crippen LogP contribution >= 0.6 is 0 Å². The van der Waals surface area contributed by atoms with Crippen LogP contribution in [0.15, 0.2) is 72.8 Å². The van der Waals surface area contributed by atoms with Gasteiger partial charge >= 0.3 is 0 Å². The Bertz CT molecular complexity index is 1060. The highest BCUT2D eigenvalue weighted by Gasteiger charge is 2.34. The maximum Gasteiger partial charge on any atom is 0.245 e. The second kappa shape index (κ2) is 10.5. The average molecular weight is 444 g/mol. The minimum atomic E-state index is -0.354. The first-order chi connectivity index (χ1) is 16.0. The van der Waals surface area contributed by atoms with E-state index in [2.05, 4.69) is 79.1 Å². The molecule has 172 valence electrons. The number of anilines is 2. The smallest absolute Gasteiger partial charge is 0.245 e. The van der Waals surface area contributed by atoms with Gasteiger partial charge < -0.3 is 20.3 Å². The zero-order valence-corrected chi connectivity index (χ0v) is 19.7. The Labute approximate surface area is 196 Å². The van der Waals surface area contributed by atoms with Gasteiger partial charge in [-0.05, 0) is 37.1 Å². The van der Waals surface area contributed by atoms with Crippen LogP contribution in [0.3, 0.4) is 0 Å². The van der Waals surface area contributed by atoms with Crippen LogP contribution in [0.2, 0.25) is 0 Å². The second-order valence-corrected chi connectivity index (χ2v) is 8.87. The number of hydrogen-bond donors (Lipinski definition) is 2. The Morgan fingerprint density at radius 2 is 1.48 bits per heavy atom. The molecule has 33 heavy (non-hydrogen) atoms. The molecule has 5 nitrogen and oxygen atoms in total. The van der Waals surface area contributed by atoms with Crippen LogP contribution in [0, 0.1) is 13.8 Å². The molecule has 0 bridgehead atoms. The number of nitrogens with one attached hydrogen (secondary N) is 2. The number of ether oxygens (including phenoxy) is 1. The third-order valence-corrected chi connectivity index (χ3v) is 6.21. The number of carbonyl (C=O) groups is 1. The molecule has 1 heterocycles. The summed E-state index contributed by atoms with van der Waals surface area (Å²) in [5.41, 5.74) is 6.73. The van der Waals surface area contributed by atoms with Gasteiger partial charge in [-0.1, -0.05) is 71.8 Å². The van der Waals surface area contributed by atoms with E-state index in [0.29, 0.717) is 19.5 Å². The summed E-state index contributed by atoms with van der Waals surface area (Å²) in [6, 6.07) is 24.7. The Balaban J connectivity index is 1.50. The Morgan fingerprint density at radius 1 is 0.909 bits per heavy atom. The molecule has 0 spiro atoms. The summed E-state index contributed by atoms with van der Waals surface area (Å²) in [5, 5.41) is 7.07. The van der Waals surface area contributed by atoms with Crippen LogP contribution < -0.4 is 10.6 Å². The fourth-order valence-corrected chi connectivity index (χ4v) is 4.00. The number of hydrogen-bond acceptors (Lipinski definition) is 4. The predicted molar refractivity (Wildman–Crippen MR) is 135 cm³/mol. The SMILES string of the molecule is COC1CN(C(=O)C(Cc2ccc(C)cc2)Nc2ccccc2NCc2ccc(C)cc2)C1. The van der Waals surface area contributed by atoms with Gasteiger partial charge in [0, 0.05) is 33.2 Å². The molecule has 0 saturated carbocycles. The van der Waals surface area contributed by atoms with Crippen molar-refractivity contribution in [3.63, 3.8) is 0 Å². The highest BCUT2D eigenvalue weighted by atomic mass is 16.5. The standard InChI is InChI=1S/C28H33N3O2/c1-20-8-12-22(13-9-20)16-27(28(32)31-18-24(19-31)33-3)30-26-7-5-4-6-25(26)29-17-23-14-10-21(2)11-15-23/h4-15,24,27,29-30H,16-19H2,1-3H3. The summed E-state index contributed by atoms with van der Waals surface area (Å²) < 4.78 is 5.37. The first kappa shape index (κ1) is 22.9. The van der Waals surface area contributed by atoms with Crippen molar-refractivity contribution >= 4 is 17.3 Å². The van der Waals surface area contributed by atoms with Gasteiger partial charge in [-0.2, -0.15) is 0 Å². The lowest BCUT2D eigenvalue weighted by atomic mass is 10.0. The van der Waals surface area contributed by atoms with Crippen LogP contribution in [-0.4, -0.2) is 43.2 Å². The van der Waals surface area contributed by atoms with E-state index in [9.17, 15) is 4.79 Å². The van der Waals surface area contributed by atoms with Crippen LogP contribution in [0.1, 0.15) is 22.3 Å². The third-order valence-electron chi connectivity index (χ3n) is 6.21. The minimum Gasteiger partial charge on any atom is -0.379 e. The van der Waals surface area contributed by atoms with Crippen molar-refractivity contribution in [1.82, 2.24) is 4.90 Å². The highest BCUT2D eigenvalue weighted by Crippen LogP contribution is 2.25. The molecule has 4 rings (SSSR count). The average Bonchev–Trinajstić information content (AvgIpc) is 2.79. The minimum absolute atomic E-state index is 0.109. The number of para-hydroxylation sites is 2. The number of carbonyl (C=O) groups excluding carboxylic acids is 1. The number of aryl methyl sites for hydroxylation is 2. The number of nitrogens with zero attached hydrogens (tertiary/aromatic N) is 1. The summed E-state index contributed by atoms with van der Waals surface area (Å²) in [5.74, 6) is 0.109. The van der Waals surface area contributed by atoms with Gasteiger partial charge in [0.15, 0.2) is 0 Å². The van der Waals surface area contributed by atoms with Crippen molar-refractivity contribution in [2.24, 2.45) is 0 Å². The molecule has 1 unspecified atom stereocenters. The van der Waals surface area contributed by atoms with Crippen LogP contribution in [-0.2, 0) is 22.5 Å². The van der Waals surface area contributed by atoms with E-state index in [4.69, 9.17) is 4.74 Å². The summed E-state index contributed by atoms with van der Waals surface area (Å²) in [6.45, 7) is 6.18. The molecule has 2 N–H and O–H groups in total. The van der Waals surface area contributed by atoms with E-state index in [1.54, 1.807) is 7.11 Å². The first-order valence-corrected chi connectivity index (χ1v) is 11.5. The van der Waals surface area contributed by atoms with Crippen LogP contribution in [0.4, 0.5) is 11.4 Å². The summed E-state index contributed by atoms with van der Waals surface area (Å²) in [6.07, 6.45) is 0.761. The van der Waals surface area contributed by atoms with Crippen molar-refractivity contribution in [2.75, 3.05) is 30.8 Å². The van der Waals surface area contributed by atoms with E-state index >= 15 is 0 Å². The normalized spacial score (nSPS) is 14.5. The van der Waals surface area contributed by atoms with Crippen molar-refractivity contribution in [1.29, 1.82) is 0 Å². The Kier molecular flexibility index (Phi) is 7.30. The molecule has 1 fully saturated rings. The van der Waals surface area contributed by atoms with Crippen molar-refractivity contribution in [2.45, 2.75) is 39.0 Å². The zero-order valence-electron chi connectivity index (χ0n) is 19.7. The zero-order chi connectivity index (χ0) is 23.2. The summed E-state index contributed by atoms with van der Waals surface area (Å²) in [7, 11) is 1.70. The van der Waals surface area contributed by atoms with E-state index in [0.717, 1.165) is 23.5 Å². The maximum absolute atomic E-state index is 13.4. The molecule has 0 aliphatic carbocycles. The molecule has 5 heteroatoms.